The summed E-state index contributed by atoms with van der Waals surface area (Å²) in [5.74, 6) is -1.24. The molecule has 0 saturated heterocycles. The average Bonchev–Trinajstić information content (AvgIpc) is 2.49. The van der Waals surface area contributed by atoms with Gasteiger partial charge in [-0.3, -0.25) is 9.59 Å². The van der Waals surface area contributed by atoms with Gasteiger partial charge in [-0.25, -0.2) is 0 Å². The highest BCUT2D eigenvalue weighted by atomic mass is 35.5. The predicted octanol–water partition coefficient (Wildman–Crippen LogP) is 4.13. The number of aromatic hydroxyl groups is 1. The summed E-state index contributed by atoms with van der Waals surface area (Å²) < 4.78 is 37.9. The van der Waals surface area contributed by atoms with Gasteiger partial charge in [-0.15, -0.1) is 0 Å². The van der Waals surface area contributed by atoms with Crippen molar-refractivity contribution in [2.45, 2.75) is 6.18 Å². The molecule has 0 aromatic heterocycles. The molecule has 0 bridgehead atoms. The molecule has 120 valence electrons. The van der Waals surface area contributed by atoms with E-state index in [4.69, 9.17) is 11.6 Å². The fourth-order valence-corrected chi connectivity index (χ4v) is 2.04. The summed E-state index contributed by atoms with van der Waals surface area (Å²) >= 11 is 5.69. The van der Waals surface area contributed by atoms with E-state index in [1.807, 2.05) is 0 Å². The lowest BCUT2D eigenvalue weighted by atomic mass is 10.1. The highest BCUT2D eigenvalue weighted by Gasteiger charge is 2.30. The minimum atomic E-state index is -4.53. The van der Waals surface area contributed by atoms with E-state index in [-0.39, 0.29) is 21.8 Å². The van der Waals surface area contributed by atoms with Gasteiger partial charge in [0.25, 0.3) is 5.91 Å². The van der Waals surface area contributed by atoms with E-state index in [0.29, 0.717) is 6.29 Å². The van der Waals surface area contributed by atoms with E-state index >= 15 is 0 Å². The molecular weight excluding hydrogens is 335 g/mol. The van der Waals surface area contributed by atoms with E-state index < -0.39 is 23.4 Å². The first-order valence-corrected chi connectivity index (χ1v) is 6.56. The molecule has 2 aromatic carbocycles. The van der Waals surface area contributed by atoms with Crippen LogP contribution >= 0.6 is 11.6 Å². The number of halogens is 4. The Bertz CT molecular complexity index is 775. The number of carbonyl (C=O) groups excluding carboxylic acids is 2. The second kappa shape index (κ2) is 6.29. The highest BCUT2D eigenvalue weighted by Crippen LogP contribution is 2.31. The van der Waals surface area contributed by atoms with Gasteiger partial charge in [0.15, 0.2) is 6.29 Å². The zero-order chi connectivity index (χ0) is 17.2. The lowest BCUT2D eigenvalue weighted by molar-refractivity contribution is -0.137. The minimum absolute atomic E-state index is 0.0679. The van der Waals surface area contributed by atoms with Crippen molar-refractivity contribution in [3.8, 4) is 5.75 Å². The standard InChI is InChI=1S/C15H9ClF3NO3/c16-12-5-8(4-9(7-21)13(12)22)14(23)20-11-3-1-2-10(6-11)15(17,18)19/h1-7,22H,(H,20,23). The SMILES string of the molecule is O=Cc1cc(C(=O)Nc2cccc(C(F)(F)F)c2)cc(Cl)c1O. The molecule has 0 saturated carbocycles. The van der Waals surface area contributed by atoms with Gasteiger partial charge in [0.05, 0.1) is 16.1 Å². The van der Waals surface area contributed by atoms with Crippen molar-refractivity contribution < 1.29 is 27.9 Å². The third-order valence-electron chi connectivity index (χ3n) is 2.93. The summed E-state index contributed by atoms with van der Waals surface area (Å²) in [5.41, 5.74) is -1.26. The zero-order valence-electron chi connectivity index (χ0n) is 11.3. The smallest absolute Gasteiger partial charge is 0.416 e. The predicted molar refractivity (Wildman–Crippen MR) is 77.9 cm³/mol. The monoisotopic (exact) mass is 343 g/mol. The summed E-state index contributed by atoms with van der Waals surface area (Å²) in [4.78, 5) is 22.9. The Kier molecular flexibility index (Phi) is 4.60. The van der Waals surface area contributed by atoms with E-state index in [2.05, 4.69) is 5.32 Å². The molecule has 0 aliphatic heterocycles. The van der Waals surface area contributed by atoms with E-state index in [1.165, 1.54) is 6.07 Å². The highest BCUT2D eigenvalue weighted by molar-refractivity contribution is 6.33. The first-order chi connectivity index (χ1) is 10.7. The van der Waals surface area contributed by atoms with Crippen molar-refractivity contribution >= 4 is 29.5 Å². The van der Waals surface area contributed by atoms with Crippen molar-refractivity contribution in [3.05, 3.63) is 58.1 Å². The fourth-order valence-electron chi connectivity index (χ4n) is 1.82. The number of carbonyl (C=O) groups is 2. The maximum Gasteiger partial charge on any atom is 0.416 e. The van der Waals surface area contributed by atoms with Gasteiger partial charge in [0, 0.05) is 11.3 Å². The van der Waals surface area contributed by atoms with Crippen molar-refractivity contribution in [1.29, 1.82) is 0 Å². The molecule has 2 aromatic rings. The quantitative estimate of drug-likeness (QED) is 0.823. The summed E-state index contributed by atoms with van der Waals surface area (Å²) in [6, 6.07) is 6.27. The van der Waals surface area contributed by atoms with Crippen LogP contribution in [0.5, 0.6) is 5.75 Å². The number of hydrogen-bond donors (Lipinski definition) is 2. The van der Waals surface area contributed by atoms with Gasteiger partial charge in [-0.05, 0) is 30.3 Å². The van der Waals surface area contributed by atoms with Gasteiger partial charge >= 0.3 is 6.18 Å². The molecule has 0 heterocycles. The molecule has 4 nitrogen and oxygen atoms in total. The van der Waals surface area contributed by atoms with Gasteiger partial charge in [0.1, 0.15) is 5.75 Å². The van der Waals surface area contributed by atoms with Crippen LogP contribution in [-0.4, -0.2) is 17.3 Å². The summed E-state index contributed by atoms with van der Waals surface area (Å²) in [5, 5.41) is 11.6. The molecule has 1 amide bonds. The number of aldehydes is 1. The molecule has 0 radical (unpaired) electrons. The van der Waals surface area contributed by atoms with E-state index in [0.717, 1.165) is 30.3 Å². The maximum absolute atomic E-state index is 12.6. The molecule has 0 aliphatic rings. The number of benzene rings is 2. The second-order valence-corrected chi connectivity index (χ2v) is 4.95. The molecule has 2 N–H and O–H groups in total. The summed E-state index contributed by atoms with van der Waals surface area (Å²) in [7, 11) is 0. The average molecular weight is 344 g/mol. The van der Waals surface area contributed by atoms with Crippen LogP contribution in [0.1, 0.15) is 26.3 Å². The number of phenols is 1. The number of amides is 1. The largest absolute Gasteiger partial charge is 0.506 e. The lowest BCUT2D eigenvalue weighted by Crippen LogP contribution is -2.13. The van der Waals surface area contributed by atoms with Crippen molar-refractivity contribution in [1.82, 2.24) is 0 Å². The maximum atomic E-state index is 12.6. The molecule has 0 aliphatic carbocycles. The van der Waals surface area contributed by atoms with Gasteiger partial charge in [-0.1, -0.05) is 17.7 Å². The molecule has 0 fully saturated rings. The minimum Gasteiger partial charge on any atom is -0.506 e. The molecule has 0 unspecified atom stereocenters. The Morgan fingerprint density at radius 3 is 2.52 bits per heavy atom. The Labute approximate surface area is 133 Å². The van der Waals surface area contributed by atoms with Crippen molar-refractivity contribution in [2.24, 2.45) is 0 Å². The van der Waals surface area contributed by atoms with Gasteiger partial charge in [-0.2, -0.15) is 13.2 Å². The molecular formula is C15H9ClF3NO3. The van der Waals surface area contributed by atoms with Crippen LogP contribution in [0.4, 0.5) is 18.9 Å². The number of rotatable bonds is 3. The van der Waals surface area contributed by atoms with Crippen LogP contribution in [-0.2, 0) is 6.18 Å². The van der Waals surface area contributed by atoms with Crippen LogP contribution in [0.2, 0.25) is 5.02 Å². The number of nitrogens with one attached hydrogen (secondary N) is 1. The van der Waals surface area contributed by atoms with Crippen LogP contribution in [0, 0.1) is 0 Å². The molecule has 2 rings (SSSR count). The van der Waals surface area contributed by atoms with Crippen LogP contribution < -0.4 is 5.32 Å². The van der Waals surface area contributed by atoms with Crippen molar-refractivity contribution in [3.63, 3.8) is 0 Å². The first-order valence-electron chi connectivity index (χ1n) is 6.18. The second-order valence-electron chi connectivity index (χ2n) is 4.55. The van der Waals surface area contributed by atoms with E-state index in [9.17, 15) is 27.9 Å². The Morgan fingerprint density at radius 2 is 1.91 bits per heavy atom. The topological polar surface area (TPSA) is 66.4 Å². The molecule has 23 heavy (non-hydrogen) atoms. The molecule has 0 spiro atoms. The Morgan fingerprint density at radius 1 is 1.22 bits per heavy atom. The van der Waals surface area contributed by atoms with Crippen LogP contribution in [0.3, 0.4) is 0 Å². The number of anilines is 1. The number of hydrogen-bond acceptors (Lipinski definition) is 3. The van der Waals surface area contributed by atoms with Crippen LogP contribution in [0.15, 0.2) is 36.4 Å². The molecule has 0 atom stereocenters. The third kappa shape index (κ3) is 3.81. The molecule has 8 heteroatoms. The lowest BCUT2D eigenvalue weighted by Gasteiger charge is -2.10. The van der Waals surface area contributed by atoms with Crippen molar-refractivity contribution in [2.75, 3.05) is 5.32 Å². The third-order valence-corrected chi connectivity index (χ3v) is 3.22. The Balaban J connectivity index is 2.30. The summed E-state index contributed by atoms with van der Waals surface area (Å²) in [6.45, 7) is 0. The van der Waals surface area contributed by atoms with Gasteiger partial charge < -0.3 is 10.4 Å². The Hall–Kier alpha value is -2.54. The number of phenolic OH excluding ortho intramolecular Hbond substituents is 1. The van der Waals surface area contributed by atoms with E-state index in [1.54, 1.807) is 0 Å². The normalized spacial score (nSPS) is 11.1. The fraction of sp³-hybridized carbons (Fsp3) is 0.0667. The summed E-state index contributed by atoms with van der Waals surface area (Å²) in [6.07, 6.45) is -4.23. The number of alkyl halides is 3. The van der Waals surface area contributed by atoms with Gasteiger partial charge in [0.2, 0.25) is 0 Å². The zero-order valence-corrected chi connectivity index (χ0v) is 12.1. The van der Waals surface area contributed by atoms with Crippen LogP contribution in [0.25, 0.3) is 0 Å². The first kappa shape index (κ1) is 16.8.